The quantitative estimate of drug-likeness (QED) is 0.679. The molecular formula is C11H23NS2. The van der Waals surface area contributed by atoms with Crippen LogP contribution in [-0.4, -0.2) is 35.1 Å². The molecule has 0 amide bonds. The number of nitrogens with one attached hydrogen (secondary N) is 1. The van der Waals surface area contributed by atoms with E-state index in [-0.39, 0.29) is 0 Å². The van der Waals surface area contributed by atoms with Gasteiger partial charge in [-0.05, 0) is 24.3 Å². The zero-order valence-corrected chi connectivity index (χ0v) is 11.1. The summed E-state index contributed by atoms with van der Waals surface area (Å²) in [7, 11) is 0. The minimum atomic E-state index is 0.803. The molecule has 1 rings (SSSR count). The average molecular weight is 233 g/mol. The van der Waals surface area contributed by atoms with E-state index in [1.54, 1.807) is 0 Å². The van der Waals surface area contributed by atoms with Crippen molar-refractivity contribution in [1.82, 2.24) is 5.32 Å². The van der Waals surface area contributed by atoms with Gasteiger partial charge in [0.05, 0.1) is 0 Å². The third kappa shape index (κ3) is 4.45. The second-order valence-electron chi connectivity index (χ2n) is 3.68. The first-order chi connectivity index (χ1) is 6.88. The maximum Gasteiger partial charge on any atom is 0.0201 e. The van der Waals surface area contributed by atoms with Crippen molar-refractivity contribution < 1.29 is 0 Å². The van der Waals surface area contributed by atoms with E-state index in [1.165, 1.54) is 43.1 Å². The molecule has 84 valence electrons. The topological polar surface area (TPSA) is 12.0 Å². The first-order valence-electron chi connectivity index (χ1n) is 5.81. The molecule has 1 N–H and O–H groups in total. The first-order valence-corrected chi connectivity index (χ1v) is 8.01. The highest BCUT2D eigenvalue weighted by molar-refractivity contribution is 8.00. The van der Waals surface area contributed by atoms with E-state index in [0.717, 1.165) is 11.3 Å². The molecular weight excluding hydrogens is 210 g/mol. The normalized spacial score (nSPS) is 27.0. The van der Waals surface area contributed by atoms with Crippen LogP contribution in [0, 0.1) is 0 Å². The smallest absolute Gasteiger partial charge is 0.0201 e. The van der Waals surface area contributed by atoms with Crippen molar-refractivity contribution >= 4 is 23.5 Å². The van der Waals surface area contributed by atoms with E-state index in [1.807, 2.05) is 11.8 Å². The van der Waals surface area contributed by atoms with Crippen LogP contribution in [-0.2, 0) is 0 Å². The fourth-order valence-electron chi connectivity index (χ4n) is 2.03. The molecule has 1 saturated carbocycles. The maximum atomic E-state index is 3.71. The summed E-state index contributed by atoms with van der Waals surface area (Å²) in [5.41, 5.74) is 0. The van der Waals surface area contributed by atoms with E-state index in [4.69, 9.17) is 0 Å². The van der Waals surface area contributed by atoms with Crippen LogP contribution in [0.25, 0.3) is 0 Å². The Morgan fingerprint density at radius 3 is 2.79 bits per heavy atom. The summed E-state index contributed by atoms with van der Waals surface area (Å²) in [6.45, 7) is 5.70. The van der Waals surface area contributed by atoms with Crippen LogP contribution in [0.1, 0.15) is 33.1 Å². The van der Waals surface area contributed by atoms with Gasteiger partial charge in [-0.25, -0.2) is 0 Å². The highest BCUT2D eigenvalue weighted by Crippen LogP contribution is 2.29. The molecule has 1 aliphatic rings. The Balaban J connectivity index is 2.09. The summed E-state index contributed by atoms with van der Waals surface area (Å²) in [5.74, 6) is 3.79. The molecule has 2 atom stereocenters. The van der Waals surface area contributed by atoms with Crippen LogP contribution < -0.4 is 5.32 Å². The Bertz CT molecular complexity index is 141. The Labute approximate surface area is 97.2 Å². The highest BCUT2D eigenvalue weighted by Gasteiger charge is 2.26. The summed E-state index contributed by atoms with van der Waals surface area (Å²) in [4.78, 5) is 0. The number of thioether (sulfide) groups is 2. The standard InChI is InChI=1S/C11H23NS2/c1-3-13-9-8-12-10-6-5-7-11(10)14-4-2/h10-12H,3-9H2,1-2H3. The van der Waals surface area contributed by atoms with E-state index >= 15 is 0 Å². The minimum absolute atomic E-state index is 0.803. The third-order valence-electron chi connectivity index (χ3n) is 2.69. The van der Waals surface area contributed by atoms with Gasteiger partial charge in [0.1, 0.15) is 0 Å². The predicted molar refractivity (Wildman–Crippen MR) is 70.6 cm³/mol. The van der Waals surface area contributed by atoms with Gasteiger partial charge in [0.25, 0.3) is 0 Å². The van der Waals surface area contributed by atoms with Crippen LogP contribution in [0.3, 0.4) is 0 Å². The fourth-order valence-corrected chi connectivity index (χ4v) is 3.81. The average Bonchev–Trinajstić information content (AvgIpc) is 2.61. The van der Waals surface area contributed by atoms with Gasteiger partial charge in [0.15, 0.2) is 0 Å². The highest BCUT2D eigenvalue weighted by atomic mass is 32.2. The van der Waals surface area contributed by atoms with E-state index in [9.17, 15) is 0 Å². The lowest BCUT2D eigenvalue weighted by Gasteiger charge is -2.19. The maximum absolute atomic E-state index is 3.71. The zero-order chi connectivity index (χ0) is 10.2. The van der Waals surface area contributed by atoms with Gasteiger partial charge in [-0.2, -0.15) is 23.5 Å². The Kier molecular flexibility index (Phi) is 7.17. The zero-order valence-electron chi connectivity index (χ0n) is 9.42. The molecule has 0 aromatic heterocycles. The van der Waals surface area contributed by atoms with Gasteiger partial charge in [-0.3, -0.25) is 0 Å². The number of hydrogen-bond acceptors (Lipinski definition) is 3. The molecule has 0 spiro atoms. The van der Waals surface area contributed by atoms with Crippen molar-refractivity contribution in [3.05, 3.63) is 0 Å². The van der Waals surface area contributed by atoms with Crippen molar-refractivity contribution in [2.24, 2.45) is 0 Å². The van der Waals surface area contributed by atoms with Gasteiger partial charge in [-0.1, -0.05) is 20.3 Å². The number of hydrogen-bond donors (Lipinski definition) is 1. The van der Waals surface area contributed by atoms with Gasteiger partial charge in [0, 0.05) is 23.6 Å². The van der Waals surface area contributed by atoms with Crippen LogP contribution in [0.5, 0.6) is 0 Å². The lowest BCUT2D eigenvalue weighted by Crippen LogP contribution is -2.35. The molecule has 0 heterocycles. The second-order valence-corrected chi connectivity index (χ2v) is 6.59. The predicted octanol–water partition coefficient (Wildman–Crippen LogP) is 3.00. The van der Waals surface area contributed by atoms with Crippen molar-refractivity contribution in [1.29, 1.82) is 0 Å². The third-order valence-corrected chi connectivity index (χ3v) is 4.92. The molecule has 0 saturated heterocycles. The molecule has 1 aliphatic carbocycles. The minimum Gasteiger partial charge on any atom is -0.312 e. The van der Waals surface area contributed by atoms with Gasteiger partial charge in [0.2, 0.25) is 0 Å². The molecule has 3 heteroatoms. The first kappa shape index (κ1) is 12.7. The molecule has 1 nitrogen and oxygen atoms in total. The lowest BCUT2D eigenvalue weighted by atomic mass is 10.2. The van der Waals surface area contributed by atoms with E-state index in [2.05, 4.69) is 30.9 Å². The summed E-state index contributed by atoms with van der Waals surface area (Å²) in [5, 5.41) is 4.60. The fraction of sp³-hybridized carbons (Fsp3) is 1.00. The van der Waals surface area contributed by atoms with Gasteiger partial charge >= 0.3 is 0 Å². The van der Waals surface area contributed by atoms with Crippen molar-refractivity contribution in [3.63, 3.8) is 0 Å². The molecule has 1 fully saturated rings. The molecule has 2 unspecified atom stereocenters. The molecule has 0 aromatic rings. The number of rotatable bonds is 7. The summed E-state index contributed by atoms with van der Waals surface area (Å²) < 4.78 is 0. The second kappa shape index (κ2) is 7.89. The molecule has 0 aromatic carbocycles. The van der Waals surface area contributed by atoms with Gasteiger partial charge in [-0.15, -0.1) is 0 Å². The van der Waals surface area contributed by atoms with Crippen LogP contribution in [0.15, 0.2) is 0 Å². The van der Waals surface area contributed by atoms with Crippen molar-refractivity contribution in [2.45, 2.75) is 44.4 Å². The SMILES string of the molecule is CCSCCNC1CCCC1SCC. The Morgan fingerprint density at radius 1 is 1.21 bits per heavy atom. The molecule has 0 radical (unpaired) electrons. The summed E-state index contributed by atoms with van der Waals surface area (Å²) in [6, 6.07) is 0.803. The molecule has 0 aliphatic heterocycles. The van der Waals surface area contributed by atoms with Crippen molar-refractivity contribution in [3.8, 4) is 0 Å². The van der Waals surface area contributed by atoms with Crippen LogP contribution >= 0.6 is 23.5 Å². The van der Waals surface area contributed by atoms with Crippen LogP contribution in [0.2, 0.25) is 0 Å². The van der Waals surface area contributed by atoms with Gasteiger partial charge < -0.3 is 5.32 Å². The largest absolute Gasteiger partial charge is 0.312 e. The molecule has 0 bridgehead atoms. The van der Waals surface area contributed by atoms with Crippen LogP contribution in [0.4, 0.5) is 0 Å². The van der Waals surface area contributed by atoms with E-state index < -0.39 is 0 Å². The lowest BCUT2D eigenvalue weighted by molar-refractivity contribution is 0.553. The summed E-state index contributed by atoms with van der Waals surface area (Å²) in [6.07, 6.45) is 4.25. The van der Waals surface area contributed by atoms with Crippen molar-refractivity contribution in [2.75, 3.05) is 23.8 Å². The Morgan fingerprint density at radius 2 is 2.07 bits per heavy atom. The summed E-state index contributed by atoms with van der Waals surface area (Å²) >= 11 is 4.18. The molecule has 14 heavy (non-hydrogen) atoms. The van der Waals surface area contributed by atoms with E-state index in [0.29, 0.717) is 0 Å². The monoisotopic (exact) mass is 233 g/mol. The Hall–Kier alpha value is 0.660.